The lowest BCUT2D eigenvalue weighted by molar-refractivity contribution is 0.0942. The van der Waals surface area contributed by atoms with E-state index in [0.717, 1.165) is 19.5 Å². The average Bonchev–Trinajstić information content (AvgIpc) is 2.88. The molecule has 24 heavy (non-hydrogen) atoms. The van der Waals surface area contributed by atoms with Crippen molar-refractivity contribution in [3.8, 4) is 0 Å². The van der Waals surface area contributed by atoms with Gasteiger partial charge in [-0.3, -0.25) is 4.90 Å². The summed E-state index contributed by atoms with van der Waals surface area (Å²) < 4.78 is 0. The number of piperazine rings is 1. The zero-order valence-corrected chi connectivity index (χ0v) is 16.4. The van der Waals surface area contributed by atoms with Gasteiger partial charge in [-0.2, -0.15) is 0 Å². The molecule has 0 radical (unpaired) electrons. The minimum absolute atomic E-state index is 0.667. The highest BCUT2D eigenvalue weighted by molar-refractivity contribution is 5.27. The third-order valence-electron chi connectivity index (χ3n) is 4.66. The van der Waals surface area contributed by atoms with E-state index in [0.29, 0.717) is 6.04 Å². The molecule has 0 aromatic rings. The lowest BCUT2D eigenvalue weighted by Gasteiger charge is -2.39. The summed E-state index contributed by atoms with van der Waals surface area (Å²) in [7, 11) is 2.27. The number of rotatable bonds is 8. The lowest BCUT2D eigenvalue weighted by atomic mass is 10.1. The average molecular weight is 334 g/mol. The second kappa shape index (κ2) is 13.4. The second-order valence-corrected chi connectivity index (χ2v) is 6.55. The van der Waals surface area contributed by atoms with Crippen LogP contribution in [0.1, 0.15) is 46.5 Å². The van der Waals surface area contributed by atoms with Crippen molar-refractivity contribution in [2.75, 3.05) is 46.3 Å². The van der Waals surface area contributed by atoms with Gasteiger partial charge in [0.25, 0.3) is 0 Å². The van der Waals surface area contributed by atoms with Gasteiger partial charge in [0.05, 0.1) is 0 Å². The van der Waals surface area contributed by atoms with Gasteiger partial charge in [-0.25, -0.2) is 0 Å². The molecule has 1 aliphatic heterocycles. The first kappa shape index (κ1) is 21.1. The Bertz CT molecular complexity index is 398. The van der Waals surface area contributed by atoms with Crippen molar-refractivity contribution < 1.29 is 0 Å². The Morgan fingerprint density at radius 2 is 2.04 bits per heavy atom. The summed E-state index contributed by atoms with van der Waals surface area (Å²) in [6.07, 6.45) is 16.0. The van der Waals surface area contributed by atoms with Crippen LogP contribution in [0, 0.1) is 0 Å². The standard InChI is InChI=1S/C19H33N3.C2H6/c1-3-12-20-16-19-17-22(15-14-21(19)2)13-8-11-18-9-6-4-5-7-10-18;1-2/h4,6-7,9-10,19-20H,3,5,8,11-17H2,1-2H3;1-2H3. The Morgan fingerprint density at radius 1 is 1.21 bits per heavy atom. The minimum atomic E-state index is 0.667. The van der Waals surface area contributed by atoms with Crippen LogP contribution in [-0.4, -0.2) is 62.2 Å². The first-order chi connectivity index (χ1) is 11.8. The Morgan fingerprint density at radius 3 is 2.83 bits per heavy atom. The predicted octanol–water partition coefficient (Wildman–Crippen LogP) is 3.85. The molecule has 2 aliphatic rings. The van der Waals surface area contributed by atoms with E-state index in [2.05, 4.69) is 59.5 Å². The summed E-state index contributed by atoms with van der Waals surface area (Å²) in [5, 5.41) is 3.58. The van der Waals surface area contributed by atoms with E-state index in [9.17, 15) is 0 Å². The van der Waals surface area contributed by atoms with E-state index in [-0.39, 0.29) is 0 Å². The van der Waals surface area contributed by atoms with E-state index in [1.165, 1.54) is 51.0 Å². The maximum Gasteiger partial charge on any atom is 0.0345 e. The van der Waals surface area contributed by atoms with Crippen molar-refractivity contribution in [3.63, 3.8) is 0 Å². The minimum Gasteiger partial charge on any atom is -0.315 e. The van der Waals surface area contributed by atoms with E-state index in [1.54, 1.807) is 0 Å². The highest BCUT2D eigenvalue weighted by atomic mass is 15.3. The molecule has 0 aromatic carbocycles. The molecule has 138 valence electrons. The van der Waals surface area contributed by atoms with Gasteiger partial charge in [0, 0.05) is 32.2 Å². The first-order valence-electron chi connectivity index (χ1n) is 9.95. The first-order valence-corrected chi connectivity index (χ1v) is 9.95. The van der Waals surface area contributed by atoms with Crippen LogP contribution >= 0.6 is 0 Å². The van der Waals surface area contributed by atoms with Gasteiger partial charge in [-0.05, 0) is 51.4 Å². The number of allylic oxidation sites excluding steroid dienone is 6. The summed E-state index contributed by atoms with van der Waals surface area (Å²) in [5.74, 6) is 0. The topological polar surface area (TPSA) is 18.5 Å². The van der Waals surface area contributed by atoms with Crippen LogP contribution in [0.4, 0.5) is 0 Å². The van der Waals surface area contributed by atoms with Crippen LogP contribution in [0.25, 0.3) is 0 Å². The summed E-state index contributed by atoms with van der Waals surface area (Å²) in [6.45, 7) is 13.3. The molecule has 0 aromatic heterocycles. The number of nitrogens with one attached hydrogen (secondary N) is 1. The molecule has 1 fully saturated rings. The third kappa shape index (κ3) is 8.27. The molecule has 1 heterocycles. The molecule has 1 saturated heterocycles. The fourth-order valence-corrected chi connectivity index (χ4v) is 3.18. The fraction of sp³-hybridized carbons (Fsp3) is 0.714. The molecule has 1 atom stereocenters. The predicted molar refractivity (Wildman–Crippen MR) is 108 cm³/mol. The van der Waals surface area contributed by atoms with Crippen molar-refractivity contribution >= 4 is 0 Å². The summed E-state index contributed by atoms with van der Waals surface area (Å²) in [5.41, 5.74) is 1.48. The van der Waals surface area contributed by atoms with Crippen LogP contribution in [0.5, 0.6) is 0 Å². The molecule has 0 bridgehead atoms. The summed E-state index contributed by atoms with van der Waals surface area (Å²) in [4.78, 5) is 5.16. The van der Waals surface area contributed by atoms with Gasteiger partial charge in [0.1, 0.15) is 0 Å². The maximum atomic E-state index is 3.58. The van der Waals surface area contributed by atoms with E-state index in [4.69, 9.17) is 0 Å². The molecular formula is C21H39N3. The molecule has 1 aliphatic carbocycles. The Labute approximate surface area is 150 Å². The quantitative estimate of drug-likeness (QED) is 0.681. The van der Waals surface area contributed by atoms with Crippen LogP contribution < -0.4 is 5.32 Å². The van der Waals surface area contributed by atoms with Gasteiger partial charge in [-0.15, -0.1) is 0 Å². The molecule has 1 unspecified atom stereocenters. The zero-order valence-electron chi connectivity index (χ0n) is 16.4. The number of hydrogen-bond donors (Lipinski definition) is 1. The molecular weight excluding hydrogens is 294 g/mol. The second-order valence-electron chi connectivity index (χ2n) is 6.55. The monoisotopic (exact) mass is 333 g/mol. The van der Waals surface area contributed by atoms with Crippen LogP contribution in [-0.2, 0) is 0 Å². The van der Waals surface area contributed by atoms with Crippen molar-refractivity contribution in [3.05, 3.63) is 36.0 Å². The molecule has 0 amide bonds. The Balaban J connectivity index is 0.00000139. The van der Waals surface area contributed by atoms with Crippen molar-refractivity contribution in [1.82, 2.24) is 15.1 Å². The van der Waals surface area contributed by atoms with Crippen molar-refractivity contribution in [2.24, 2.45) is 0 Å². The molecule has 3 heteroatoms. The van der Waals surface area contributed by atoms with Gasteiger partial charge in [0.15, 0.2) is 0 Å². The van der Waals surface area contributed by atoms with Crippen LogP contribution in [0.2, 0.25) is 0 Å². The summed E-state index contributed by atoms with van der Waals surface area (Å²) in [6, 6.07) is 0.667. The maximum absolute atomic E-state index is 3.58. The van der Waals surface area contributed by atoms with E-state index >= 15 is 0 Å². The van der Waals surface area contributed by atoms with Gasteiger partial charge < -0.3 is 10.2 Å². The van der Waals surface area contributed by atoms with Gasteiger partial charge >= 0.3 is 0 Å². The SMILES string of the molecule is CC.CCCNCC1CN(CCCC2=CC=CCC=C2)CCN1C. The molecule has 1 N–H and O–H groups in total. The summed E-state index contributed by atoms with van der Waals surface area (Å²) >= 11 is 0. The normalized spacial score (nSPS) is 21.8. The number of likely N-dealkylation sites (N-methyl/N-ethyl adjacent to an activating group) is 1. The zero-order chi connectivity index (χ0) is 17.6. The van der Waals surface area contributed by atoms with E-state index < -0.39 is 0 Å². The van der Waals surface area contributed by atoms with Crippen molar-refractivity contribution in [2.45, 2.75) is 52.5 Å². The van der Waals surface area contributed by atoms with Gasteiger partial charge in [-0.1, -0.05) is 51.2 Å². The number of hydrogen-bond acceptors (Lipinski definition) is 3. The lowest BCUT2D eigenvalue weighted by Crippen LogP contribution is -2.55. The molecule has 2 rings (SSSR count). The highest BCUT2D eigenvalue weighted by Gasteiger charge is 2.23. The Hall–Kier alpha value is -0.900. The van der Waals surface area contributed by atoms with Crippen LogP contribution in [0.3, 0.4) is 0 Å². The fourth-order valence-electron chi connectivity index (χ4n) is 3.18. The smallest absolute Gasteiger partial charge is 0.0345 e. The highest BCUT2D eigenvalue weighted by Crippen LogP contribution is 2.13. The molecule has 3 nitrogen and oxygen atoms in total. The van der Waals surface area contributed by atoms with E-state index in [1.807, 2.05) is 13.8 Å². The Kier molecular flexibility index (Phi) is 11.8. The molecule has 0 saturated carbocycles. The van der Waals surface area contributed by atoms with Gasteiger partial charge in [0.2, 0.25) is 0 Å². The number of nitrogens with zero attached hydrogens (tertiary/aromatic N) is 2. The largest absolute Gasteiger partial charge is 0.315 e. The molecule has 0 spiro atoms. The van der Waals surface area contributed by atoms with Crippen molar-refractivity contribution in [1.29, 1.82) is 0 Å². The third-order valence-corrected chi connectivity index (χ3v) is 4.66. The van der Waals surface area contributed by atoms with Crippen LogP contribution in [0.15, 0.2) is 36.0 Å².